The van der Waals surface area contributed by atoms with Crippen molar-refractivity contribution >= 4 is 10.8 Å². The molecule has 2 heteroatoms. The number of rotatable bonds is 2. The zero-order valence-corrected chi connectivity index (χ0v) is 13.1. The normalized spacial score (nSPS) is 11.0. The van der Waals surface area contributed by atoms with Gasteiger partial charge in [0.15, 0.2) is 0 Å². The molecule has 0 unspecified atom stereocenters. The Kier molecular flexibility index (Phi) is 3.53. The first-order valence-electron chi connectivity index (χ1n) is 7.46. The summed E-state index contributed by atoms with van der Waals surface area (Å²) < 4.78 is 0. The molecule has 0 aliphatic carbocycles. The second-order valence-electron chi connectivity index (χ2n) is 5.98. The minimum absolute atomic E-state index is 0.311. The monoisotopic (exact) mass is 292 g/mol. The van der Waals surface area contributed by atoms with Gasteiger partial charge < -0.3 is 10.2 Å². The Labute approximate surface area is 130 Å². The molecule has 0 aliphatic rings. The highest BCUT2D eigenvalue weighted by Crippen LogP contribution is 2.33. The van der Waals surface area contributed by atoms with E-state index in [1.54, 1.807) is 12.1 Å². The van der Waals surface area contributed by atoms with E-state index >= 15 is 0 Å². The Balaban J connectivity index is 2.18. The highest BCUT2D eigenvalue weighted by Gasteiger charge is 2.12. The number of hydrogen-bond acceptors (Lipinski definition) is 2. The van der Waals surface area contributed by atoms with Gasteiger partial charge in [-0.2, -0.15) is 0 Å². The van der Waals surface area contributed by atoms with Crippen LogP contribution in [0.25, 0.3) is 10.8 Å². The van der Waals surface area contributed by atoms with Crippen LogP contribution in [0.2, 0.25) is 0 Å². The summed E-state index contributed by atoms with van der Waals surface area (Å²) in [4.78, 5) is 0. The number of hydrogen-bond donors (Lipinski definition) is 2. The van der Waals surface area contributed by atoms with Gasteiger partial charge in [-0.15, -0.1) is 0 Å². The smallest absolute Gasteiger partial charge is 0.126 e. The van der Waals surface area contributed by atoms with Crippen LogP contribution in [0.3, 0.4) is 0 Å². The van der Waals surface area contributed by atoms with Gasteiger partial charge in [-0.3, -0.25) is 0 Å². The Hall–Kier alpha value is -2.48. The molecule has 0 saturated carbocycles. The molecule has 3 rings (SSSR count). The van der Waals surface area contributed by atoms with E-state index in [2.05, 4.69) is 12.1 Å². The zero-order valence-electron chi connectivity index (χ0n) is 13.1. The third kappa shape index (κ3) is 2.41. The fraction of sp³-hybridized carbons (Fsp3) is 0.200. The lowest BCUT2D eigenvalue weighted by molar-refractivity contribution is 0.474. The molecule has 0 saturated heterocycles. The minimum atomic E-state index is 0.311. The first-order chi connectivity index (χ1) is 10.5. The predicted molar refractivity (Wildman–Crippen MR) is 90.7 cm³/mol. The Bertz CT molecular complexity index is 840. The van der Waals surface area contributed by atoms with Crippen molar-refractivity contribution in [1.29, 1.82) is 0 Å². The molecule has 2 nitrogen and oxygen atoms in total. The van der Waals surface area contributed by atoms with Gasteiger partial charge in [0, 0.05) is 5.39 Å². The second-order valence-corrected chi connectivity index (χ2v) is 5.98. The quantitative estimate of drug-likeness (QED) is 0.714. The molecule has 0 atom stereocenters. The molecule has 0 radical (unpaired) electrons. The van der Waals surface area contributed by atoms with Crippen LogP contribution in [-0.2, 0) is 6.42 Å². The van der Waals surface area contributed by atoms with E-state index in [9.17, 15) is 10.2 Å². The molecule has 0 fully saturated rings. The van der Waals surface area contributed by atoms with Crippen molar-refractivity contribution in [3.63, 3.8) is 0 Å². The number of aromatic hydroxyl groups is 2. The predicted octanol–water partition coefficient (Wildman–Crippen LogP) is 4.77. The molecule has 0 bridgehead atoms. The van der Waals surface area contributed by atoms with Crippen LogP contribution >= 0.6 is 0 Å². The van der Waals surface area contributed by atoms with E-state index in [-0.39, 0.29) is 0 Å². The summed E-state index contributed by atoms with van der Waals surface area (Å²) in [6.07, 6.45) is 0.791. The molecule has 3 aromatic rings. The van der Waals surface area contributed by atoms with Crippen molar-refractivity contribution < 1.29 is 10.2 Å². The minimum Gasteiger partial charge on any atom is -0.508 e. The van der Waals surface area contributed by atoms with Gasteiger partial charge in [-0.25, -0.2) is 0 Å². The van der Waals surface area contributed by atoms with Crippen LogP contribution in [0.4, 0.5) is 0 Å². The van der Waals surface area contributed by atoms with E-state index in [0.29, 0.717) is 11.5 Å². The number of aryl methyl sites for hydroxylation is 3. The highest BCUT2D eigenvalue weighted by molar-refractivity contribution is 5.92. The fourth-order valence-electron chi connectivity index (χ4n) is 3.18. The van der Waals surface area contributed by atoms with Gasteiger partial charge in [-0.05, 0) is 72.5 Å². The van der Waals surface area contributed by atoms with Crippen molar-refractivity contribution in [3.8, 4) is 11.5 Å². The molecule has 22 heavy (non-hydrogen) atoms. The third-order valence-corrected chi connectivity index (χ3v) is 4.34. The lowest BCUT2D eigenvalue weighted by Crippen LogP contribution is -1.97. The number of phenols is 2. The average Bonchev–Trinajstić information content (AvgIpc) is 2.47. The van der Waals surface area contributed by atoms with Crippen molar-refractivity contribution in [3.05, 3.63) is 70.3 Å². The van der Waals surface area contributed by atoms with Gasteiger partial charge >= 0.3 is 0 Å². The van der Waals surface area contributed by atoms with E-state index in [1.807, 2.05) is 39.0 Å². The largest absolute Gasteiger partial charge is 0.508 e. The first-order valence-corrected chi connectivity index (χ1v) is 7.46. The maximum absolute atomic E-state index is 10.3. The summed E-state index contributed by atoms with van der Waals surface area (Å²) in [7, 11) is 0. The van der Waals surface area contributed by atoms with Gasteiger partial charge in [0.1, 0.15) is 11.5 Å². The zero-order chi connectivity index (χ0) is 15.9. The average molecular weight is 292 g/mol. The van der Waals surface area contributed by atoms with E-state index in [0.717, 1.165) is 33.9 Å². The van der Waals surface area contributed by atoms with Gasteiger partial charge in [0.2, 0.25) is 0 Å². The first kappa shape index (κ1) is 14.5. The molecule has 112 valence electrons. The molecule has 2 N–H and O–H groups in total. The number of fused-ring (bicyclic) bond motifs is 1. The maximum atomic E-state index is 10.3. The summed E-state index contributed by atoms with van der Waals surface area (Å²) in [5.41, 5.74) is 5.50. The molecule has 3 aromatic carbocycles. The van der Waals surface area contributed by atoms with Gasteiger partial charge in [-0.1, -0.05) is 30.3 Å². The van der Waals surface area contributed by atoms with Crippen LogP contribution in [0, 0.1) is 20.8 Å². The van der Waals surface area contributed by atoms with Gasteiger partial charge in [0.05, 0.1) is 0 Å². The standard InChI is InChI=1S/C20H20O2/c1-12-9-16(21)10-13(2)19(12)11-15-8-14(3)20(22)18-7-5-4-6-17(15)18/h4-10,21-22H,11H2,1-3H3. The Morgan fingerprint density at radius 1 is 0.773 bits per heavy atom. The summed E-state index contributed by atoms with van der Waals surface area (Å²) in [5.74, 6) is 0.670. The van der Waals surface area contributed by atoms with Crippen LogP contribution in [0.15, 0.2) is 42.5 Å². The summed E-state index contributed by atoms with van der Waals surface area (Å²) >= 11 is 0. The van der Waals surface area contributed by atoms with Crippen LogP contribution in [0.1, 0.15) is 27.8 Å². The van der Waals surface area contributed by atoms with Crippen LogP contribution in [-0.4, -0.2) is 10.2 Å². The lowest BCUT2D eigenvalue weighted by atomic mass is 9.91. The van der Waals surface area contributed by atoms with E-state index < -0.39 is 0 Å². The Morgan fingerprint density at radius 2 is 1.36 bits per heavy atom. The van der Waals surface area contributed by atoms with Crippen molar-refractivity contribution in [2.75, 3.05) is 0 Å². The maximum Gasteiger partial charge on any atom is 0.126 e. The topological polar surface area (TPSA) is 40.5 Å². The van der Waals surface area contributed by atoms with E-state index in [4.69, 9.17) is 0 Å². The van der Waals surface area contributed by atoms with Crippen molar-refractivity contribution in [2.24, 2.45) is 0 Å². The van der Waals surface area contributed by atoms with E-state index in [1.165, 1.54) is 11.1 Å². The number of benzene rings is 3. The molecule has 0 amide bonds. The molecule has 0 heterocycles. The third-order valence-electron chi connectivity index (χ3n) is 4.34. The van der Waals surface area contributed by atoms with Crippen LogP contribution < -0.4 is 0 Å². The fourth-order valence-corrected chi connectivity index (χ4v) is 3.18. The molecule has 0 spiro atoms. The second kappa shape index (κ2) is 5.38. The highest BCUT2D eigenvalue weighted by atomic mass is 16.3. The molecule has 0 aromatic heterocycles. The van der Waals surface area contributed by atoms with Gasteiger partial charge in [0.25, 0.3) is 0 Å². The summed E-state index contributed by atoms with van der Waals surface area (Å²) in [6, 6.07) is 13.6. The number of phenolic OH excluding ortho intramolecular Hbond substituents is 2. The summed E-state index contributed by atoms with van der Waals surface area (Å²) in [6.45, 7) is 5.98. The van der Waals surface area contributed by atoms with Crippen molar-refractivity contribution in [1.82, 2.24) is 0 Å². The van der Waals surface area contributed by atoms with Crippen molar-refractivity contribution in [2.45, 2.75) is 27.2 Å². The van der Waals surface area contributed by atoms with Crippen LogP contribution in [0.5, 0.6) is 11.5 Å². The lowest BCUT2D eigenvalue weighted by Gasteiger charge is -2.14. The Morgan fingerprint density at radius 3 is 2.00 bits per heavy atom. The molecule has 0 aliphatic heterocycles. The SMILES string of the molecule is Cc1cc(O)cc(C)c1Cc1cc(C)c(O)c2ccccc12. The molecular formula is C20H20O2. The summed E-state index contributed by atoms with van der Waals surface area (Å²) in [5, 5.41) is 21.9. The molecular weight excluding hydrogens is 272 g/mol.